The van der Waals surface area contributed by atoms with Crippen LogP contribution in [-0.4, -0.2) is 15.5 Å². The Kier molecular flexibility index (Phi) is 4.58. The lowest BCUT2D eigenvalue weighted by atomic mass is 10.2. The fraction of sp³-hybridized carbons (Fsp3) is 0.143. The second-order valence-corrected chi connectivity index (χ2v) is 6.82. The van der Waals surface area contributed by atoms with Gasteiger partial charge in [-0.25, -0.2) is 8.42 Å². The molecule has 0 fully saturated rings. The quantitative estimate of drug-likeness (QED) is 0.797. The molecule has 0 aliphatic carbocycles. The van der Waals surface area contributed by atoms with Crippen molar-refractivity contribution in [2.45, 2.75) is 10.8 Å². The lowest BCUT2D eigenvalue weighted by Gasteiger charge is -2.20. The number of nitrogens with zero attached hydrogens (tertiary/aromatic N) is 1. The van der Waals surface area contributed by atoms with Crippen molar-refractivity contribution in [3.8, 4) is 0 Å². The lowest BCUT2D eigenvalue weighted by molar-refractivity contribution is 0.594. The molecule has 0 saturated heterocycles. The van der Waals surface area contributed by atoms with Crippen molar-refractivity contribution in [2.24, 2.45) is 0 Å². The van der Waals surface area contributed by atoms with E-state index in [2.05, 4.69) is 0 Å². The molecule has 2 aromatic rings. The number of alkyl halides is 1. The van der Waals surface area contributed by atoms with Gasteiger partial charge in [0.1, 0.15) is 4.90 Å². The zero-order valence-corrected chi connectivity index (χ0v) is 13.1. The summed E-state index contributed by atoms with van der Waals surface area (Å²) in [5.74, 6) is 0.231. The van der Waals surface area contributed by atoms with Crippen LogP contribution in [0.25, 0.3) is 0 Å². The average molecular weight is 330 g/mol. The van der Waals surface area contributed by atoms with Crippen LogP contribution < -0.4 is 4.31 Å². The Morgan fingerprint density at radius 2 is 1.75 bits per heavy atom. The highest BCUT2D eigenvalue weighted by Gasteiger charge is 2.24. The standard InChI is InChI=1S/C14H13Cl2NO2S/c1-17(12-5-3-2-4-6-12)20(18,19)14-9-11(10-15)7-8-13(14)16/h2-9H,10H2,1H3. The molecule has 0 spiro atoms. The van der Waals surface area contributed by atoms with Crippen molar-refractivity contribution in [1.82, 2.24) is 0 Å². The van der Waals surface area contributed by atoms with Gasteiger partial charge in [0.05, 0.1) is 10.7 Å². The predicted molar refractivity (Wildman–Crippen MR) is 83.0 cm³/mol. The molecule has 0 amide bonds. The number of rotatable bonds is 4. The van der Waals surface area contributed by atoms with Crippen molar-refractivity contribution in [3.05, 3.63) is 59.1 Å². The minimum atomic E-state index is -3.71. The van der Waals surface area contributed by atoms with Crippen LogP contribution in [0, 0.1) is 0 Å². The van der Waals surface area contributed by atoms with E-state index in [1.807, 2.05) is 6.07 Å². The molecule has 106 valence electrons. The summed E-state index contributed by atoms with van der Waals surface area (Å²) < 4.78 is 26.4. The highest BCUT2D eigenvalue weighted by atomic mass is 35.5. The van der Waals surface area contributed by atoms with Crippen LogP contribution in [0.3, 0.4) is 0 Å². The molecule has 0 radical (unpaired) electrons. The molecule has 2 rings (SSSR count). The van der Waals surface area contributed by atoms with Crippen LogP contribution in [-0.2, 0) is 15.9 Å². The summed E-state index contributed by atoms with van der Waals surface area (Å²) in [5.41, 5.74) is 1.27. The van der Waals surface area contributed by atoms with E-state index in [0.29, 0.717) is 11.3 Å². The fourth-order valence-electron chi connectivity index (χ4n) is 1.75. The summed E-state index contributed by atoms with van der Waals surface area (Å²) in [4.78, 5) is 0.0590. The summed E-state index contributed by atoms with van der Waals surface area (Å²) in [6.07, 6.45) is 0. The molecule has 6 heteroatoms. The van der Waals surface area contributed by atoms with E-state index in [1.54, 1.807) is 36.4 Å². The first-order valence-electron chi connectivity index (χ1n) is 5.85. The van der Waals surface area contributed by atoms with E-state index in [4.69, 9.17) is 23.2 Å². The molecule has 20 heavy (non-hydrogen) atoms. The summed E-state index contributed by atoms with van der Waals surface area (Å²) in [5, 5.41) is 0.182. The van der Waals surface area contributed by atoms with Crippen LogP contribution in [0.2, 0.25) is 5.02 Å². The number of anilines is 1. The van der Waals surface area contributed by atoms with Gasteiger partial charge in [0.15, 0.2) is 0 Å². The minimum absolute atomic E-state index is 0.0590. The minimum Gasteiger partial charge on any atom is -0.269 e. The third kappa shape index (κ3) is 2.92. The average Bonchev–Trinajstić information content (AvgIpc) is 2.47. The molecule has 0 unspecified atom stereocenters. The topological polar surface area (TPSA) is 37.4 Å². The number of halogens is 2. The summed E-state index contributed by atoms with van der Waals surface area (Å²) in [7, 11) is -2.22. The second-order valence-electron chi connectivity index (χ2n) is 4.21. The first kappa shape index (κ1) is 15.2. The van der Waals surface area contributed by atoms with Crippen molar-refractivity contribution < 1.29 is 8.42 Å². The Balaban J connectivity index is 2.50. The SMILES string of the molecule is CN(c1ccccc1)S(=O)(=O)c1cc(CCl)ccc1Cl. The zero-order valence-electron chi connectivity index (χ0n) is 10.8. The maximum Gasteiger partial charge on any atom is 0.265 e. The molecule has 0 N–H and O–H groups in total. The number of sulfonamides is 1. The normalized spacial score (nSPS) is 11.3. The summed E-state index contributed by atoms with van der Waals surface area (Å²) >= 11 is 11.8. The molecule has 0 aromatic heterocycles. The Hall–Kier alpha value is -1.23. The van der Waals surface area contributed by atoms with Crippen molar-refractivity contribution >= 4 is 38.9 Å². The van der Waals surface area contributed by atoms with E-state index < -0.39 is 10.0 Å². The monoisotopic (exact) mass is 329 g/mol. The van der Waals surface area contributed by atoms with Crippen LogP contribution in [0.5, 0.6) is 0 Å². The van der Waals surface area contributed by atoms with E-state index in [1.165, 1.54) is 17.4 Å². The first-order valence-corrected chi connectivity index (χ1v) is 8.20. The lowest BCUT2D eigenvalue weighted by Crippen LogP contribution is -2.26. The van der Waals surface area contributed by atoms with Gasteiger partial charge in [-0.15, -0.1) is 11.6 Å². The molecular formula is C14H13Cl2NO2S. The van der Waals surface area contributed by atoms with Gasteiger partial charge in [-0.05, 0) is 29.8 Å². The molecule has 0 bridgehead atoms. The molecule has 0 atom stereocenters. The van der Waals surface area contributed by atoms with Crippen molar-refractivity contribution in [3.63, 3.8) is 0 Å². The third-order valence-corrected chi connectivity index (χ3v) is 5.48. The summed E-state index contributed by atoms with van der Waals surface area (Å²) in [6, 6.07) is 13.6. The number of para-hydroxylation sites is 1. The van der Waals surface area contributed by atoms with Gasteiger partial charge < -0.3 is 0 Å². The van der Waals surface area contributed by atoms with Gasteiger partial charge in [-0.3, -0.25) is 4.31 Å². The van der Waals surface area contributed by atoms with Crippen LogP contribution in [0.4, 0.5) is 5.69 Å². The predicted octanol–water partition coefficient (Wildman–Crippen LogP) is 3.90. The van der Waals surface area contributed by atoms with Gasteiger partial charge in [-0.2, -0.15) is 0 Å². The molecule has 0 aliphatic heterocycles. The maximum atomic E-state index is 12.6. The van der Waals surface area contributed by atoms with Gasteiger partial charge in [0.25, 0.3) is 10.0 Å². The number of benzene rings is 2. The van der Waals surface area contributed by atoms with E-state index in [9.17, 15) is 8.42 Å². The first-order chi connectivity index (χ1) is 9.46. The largest absolute Gasteiger partial charge is 0.269 e. The number of hydrogen-bond acceptors (Lipinski definition) is 2. The molecule has 2 aromatic carbocycles. The van der Waals surface area contributed by atoms with Crippen LogP contribution >= 0.6 is 23.2 Å². The Bertz CT molecular complexity index is 702. The van der Waals surface area contributed by atoms with Crippen LogP contribution in [0.1, 0.15) is 5.56 Å². The molecule has 3 nitrogen and oxygen atoms in total. The van der Waals surface area contributed by atoms with Gasteiger partial charge in [0.2, 0.25) is 0 Å². The smallest absolute Gasteiger partial charge is 0.265 e. The van der Waals surface area contributed by atoms with Crippen molar-refractivity contribution in [2.75, 3.05) is 11.4 Å². The molecule has 0 heterocycles. The van der Waals surface area contributed by atoms with E-state index in [0.717, 1.165) is 0 Å². The fourth-order valence-corrected chi connectivity index (χ4v) is 3.64. The second kappa shape index (κ2) is 6.04. The highest BCUT2D eigenvalue weighted by molar-refractivity contribution is 7.93. The zero-order chi connectivity index (χ0) is 14.8. The maximum absolute atomic E-state index is 12.6. The third-order valence-electron chi connectivity index (χ3n) is 2.91. The molecule has 0 aliphatic rings. The summed E-state index contributed by atoms with van der Waals surface area (Å²) in [6.45, 7) is 0. The number of hydrogen-bond donors (Lipinski definition) is 0. The molecule has 0 saturated carbocycles. The van der Waals surface area contributed by atoms with E-state index >= 15 is 0 Å². The Morgan fingerprint density at radius 3 is 2.35 bits per heavy atom. The van der Waals surface area contributed by atoms with Crippen molar-refractivity contribution in [1.29, 1.82) is 0 Å². The van der Waals surface area contributed by atoms with Gasteiger partial charge >= 0.3 is 0 Å². The van der Waals surface area contributed by atoms with Crippen LogP contribution in [0.15, 0.2) is 53.4 Å². The Morgan fingerprint density at radius 1 is 1.10 bits per heavy atom. The van der Waals surface area contributed by atoms with E-state index in [-0.39, 0.29) is 15.8 Å². The van der Waals surface area contributed by atoms with Gasteiger partial charge in [0, 0.05) is 12.9 Å². The molecular weight excluding hydrogens is 317 g/mol. The highest BCUT2D eigenvalue weighted by Crippen LogP contribution is 2.28. The van der Waals surface area contributed by atoms with Gasteiger partial charge in [-0.1, -0.05) is 35.9 Å². The Labute approximate surface area is 128 Å².